The van der Waals surface area contributed by atoms with Crippen LogP contribution in [0.3, 0.4) is 0 Å². The molecule has 2 rings (SSSR count). The lowest BCUT2D eigenvalue weighted by molar-refractivity contribution is -0.274. The van der Waals surface area contributed by atoms with E-state index in [4.69, 9.17) is 11.6 Å². The van der Waals surface area contributed by atoms with Gasteiger partial charge in [0, 0.05) is 11.6 Å². The Labute approximate surface area is 123 Å². The van der Waals surface area contributed by atoms with Gasteiger partial charge in [-0.1, -0.05) is 23.7 Å². The Bertz CT molecular complexity index is 631. The standard InChI is InChI=1S/C14H10ClF4NO/c15-10-4-5-13(12(16)7-10)20-8-9-2-1-3-11(6-9)21-14(17,18)19/h1-7,20H,8H2. The second kappa shape index (κ2) is 6.22. The first-order valence-corrected chi connectivity index (χ1v) is 6.25. The topological polar surface area (TPSA) is 21.3 Å². The van der Waals surface area contributed by atoms with Crippen molar-refractivity contribution in [3.63, 3.8) is 0 Å². The molecule has 0 aliphatic carbocycles. The molecular weight excluding hydrogens is 310 g/mol. The van der Waals surface area contributed by atoms with Gasteiger partial charge in [-0.05, 0) is 35.9 Å². The van der Waals surface area contributed by atoms with E-state index in [1.54, 1.807) is 6.07 Å². The fraction of sp³-hybridized carbons (Fsp3) is 0.143. The molecule has 0 amide bonds. The molecule has 0 heterocycles. The number of alkyl halides is 3. The highest BCUT2D eigenvalue weighted by Gasteiger charge is 2.31. The molecule has 21 heavy (non-hydrogen) atoms. The maximum Gasteiger partial charge on any atom is 0.573 e. The summed E-state index contributed by atoms with van der Waals surface area (Å²) in [6.45, 7) is 0.146. The lowest BCUT2D eigenvalue weighted by Gasteiger charge is -2.11. The summed E-state index contributed by atoms with van der Waals surface area (Å²) in [6.07, 6.45) is -4.74. The number of ether oxygens (including phenoxy) is 1. The van der Waals surface area contributed by atoms with Crippen LogP contribution in [0.2, 0.25) is 5.02 Å². The number of nitrogens with one attached hydrogen (secondary N) is 1. The third-order valence-corrected chi connectivity index (χ3v) is 2.78. The number of hydrogen-bond acceptors (Lipinski definition) is 2. The number of halogens is 5. The van der Waals surface area contributed by atoms with Crippen molar-refractivity contribution < 1.29 is 22.3 Å². The van der Waals surface area contributed by atoms with E-state index in [0.29, 0.717) is 5.56 Å². The van der Waals surface area contributed by atoms with Gasteiger partial charge < -0.3 is 10.1 Å². The maximum absolute atomic E-state index is 13.5. The Kier molecular flexibility index (Phi) is 4.57. The smallest absolute Gasteiger partial charge is 0.406 e. The molecule has 0 spiro atoms. The molecule has 0 aliphatic heterocycles. The Morgan fingerprint density at radius 3 is 2.52 bits per heavy atom. The number of rotatable bonds is 4. The van der Waals surface area contributed by atoms with Crippen LogP contribution in [0.1, 0.15) is 5.56 Å². The van der Waals surface area contributed by atoms with Crippen LogP contribution in [0, 0.1) is 5.82 Å². The van der Waals surface area contributed by atoms with Gasteiger partial charge in [-0.15, -0.1) is 13.2 Å². The van der Waals surface area contributed by atoms with Crippen molar-refractivity contribution in [2.24, 2.45) is 0 Å². The summed E-state index contributed by atoms with van der Waals surface area (Å²) in [6, 6.07) is 9.56. The summed E-state index contributed by atoms with van der Waals surface area (Å²) in [4.78, 5) is 0. The van der Waals surface area contributed by atoms with E-state index in [1.807, 2.05) is 0 Å². The second-order valence-electron chi connectivity index (χ2n) is 4.17. The zero-order valence-corrected chi connectivity index (χ0v) is 11.3. The average molecular weight is 320 g/mol. The molecule has 0 unspecified atom stereocenters. The molecule has 112 valence electrons. The molecule has 1 N–H and O–H groups in total. The normalized spacial score (nSPS) is 11.3. The summed E-state index contributed by atoms with van der Waals surface area (Å²) in [5.41, 5.74) is 0.729. The zero-order chi connectivity index (χ0) is 15.5. The van der Waals surface area contributed by atoms with E-state index in [0.717, 1.165) is 6.07 Å². The van der Waals surface area contributed by atoms with Gasteiger partial charge in [0.15, 0.2) is 0 Å². The maximum atomic E-state index is 13.5. The number of hydrogen-bond donors (Lipinski definition) is 1. The van der Waals surface area contributed by atoms with Crippen molar-refractivity contribution >= 4 is 17.3 Å². The molecule has 0 saturated heterocycles. The van der Waals surface area contributed by atoms with Crippen LogP contribution in [0.4, 0.5) is 23.2 Å². The summed E-state index contributed by atoms with van der Waals surface area (Å²) in [7, 11) is 0. The Morgan fingerprint density at radius 1 is 1.10 bits per heavy atom. The largest absolute Gasteiger partial charge is 0.573 e. The van der Waals surface area contributed by atoms with Crippen molar-refractivity contribution in [2.45, 2.75) is 12.9 Å². The van der Waals surface area contributed by atoms with Crippen LogP contribution >= 0.6 is 11.6 Å². The highest BCUT2D eigenvalue weighted by molar-refractivity contribution is 6.30. The van der Waals surface area contributed by atoms with Gasteiger partial charge in [-0.2, -0.15) is 0 Å². The Morgan fingerprint density at radius 2 is 1.86 bits per heavy atom. The summed E-state index contributed by atoms with van der Waals surface area (Å²) < 4.78 is 53.7. The first kappa shape index (κ1) is 15.4. The second-order valence-corrected chi connectivity index (χ2v) is 4.61. The van der Waals surface area contributed by atoms with Gasteiger partial charge in [-0.3, -0.25) is 0 Å². The molecule has 0 aromatic heterocycles. The number of anilines is 1. The van der Waals surface area contributed by atoms with Gasteiger partial charge in [0.05, 0.1) is 5.69 Å². The van der Waals surface area contributed by atoms with Crippen LogP contribution in [-0.2, 0) is 6.54 Å². The van der Waals surface area contributed by atoms with Gasteiger partial charge in [0.1, 0.15) is 11.6 Å². The minimum absolute atomic E-state index is 0.146. The molecule has 7 heteroatoms. The van der Waals surface area contributed by atoms with Crippen molar-refractivity contribution in [1.29, 1.82) is 0 Å². The number of benzene rings is 2. The summed E-state index contributed by atoms with van der Waals surface area (Å²) in [5.74, 6) is -0.858. The minimum Gasteiger partial charge on any atom is -0.406 e. The van der Waals surface area contributed by atoms with Gasteiger partial charge in [0.25, 0.3) is 0 Å². The van der Waals surface area contributed by atoms with E-state index in [1.165, 1.54) is 30.3 Å². The monoisotopic (exact) mass is 319 g/mol. The van der Waals surface area contributed by atoms with Crippen LogP contribution in [-0.4, -0.2) is 6.36 Å². The van der Waals surface area contributed by atoms with Crippen LogP contribution in [0.5, 0.6) is 5.75 Å². The molecule has 0 radical (unpaired) electrons. The van der Waals surface area contributed by atoms with Crippen LogP contribution in [0.25, 0.3) is 0 Å². The van der Waals surface area contributed by atoms with Crippen LogP contribution in [0.15, 0.2) is 42.5 Å². The van der Waals surface area contributed by atoms with E-state index in [2.05, 4.69) is 10.1 Å². The highest BCUT2D eigenvalue weighted by Crippen LogP contribution is 2.24. The van der Waals surface area contributed by atoms with E-state index >= 15 is 0 Å². The summed E-state index contributed by atoms with van der Waals surface area (Å²) in [5, 5.41) is 3.04. The highest BCUT2D eigenvalue weighted by atomic mass is 35.5. The van der Waals surface area contributed by atoms with E-state index in [9.17, 15) is 17.6 Å². The molecule has 0 saturated carbocycles. The SMILES string of the molecule is Fc1cc(Cl)ccc1NCc1cccc(OC(F)(F)F)c1. The zero-order valence-electron chi connectivity index (χ0n) is 10.5. The lowest BCUT2D eigenvalue weighted by atomic mass is 10.2. The molecule has 0 atom stereocenters. The van der Waals surface area contributed by atoms with Crippen molar-refractivity contribution in [3.8, 4) is 5.75 Å². The van der Waals surface area contributed by atoms with Crippen molar-refractivity contribution in [3.05, 3.63) is 58.9 Å². The van der Waals surface area contributed by atoms with Gasteiger partial charge >= 0.3 is 6.36 Å². The molecule has 2 nitrogen and oxygen atoms in total. The van der Waals surface area contributed by atoms with E-state index < -0.39 is 12.2 Å². The third-order valence-electron chi connectivity index (χ3n) is 2.55. The molecular formula is C14H10ClF4NO. The van der Waals surface area contributed by atoms with Crippen molar-refractivity contribution in [2.75, 3.05) is 5.32 Å². The predicted octanol–water partition coefficient (Wildman–Crippen LogP) is 4.99. The third kappa shape index (κ3) is 4.82. The first-order chi connectivity index (χ1) is 9.83. The lowest BCUT2D eigenvalue weighted by Crippen LogP contribution is -2.17. The summed E-state index contributed by atoms with van der Waals surface area (Å²) >= 11 is 5.63. The first-order valence-electron chi connectivity index (χ1n) is 5.87. The van der Waals surface area contributed by atoms with Gasteiger partial charge in [0.2, 0.25) is 0 Å². The molecule has 2 aromatic carbocycles. The molecule has 0 bridgehead atoms. The minimum atomic E-state index is -4.74. The molecule has 0 aliphatic rings. The van der Waals surface area contributed by atoms with Crippen LogP contribution < -0.4 is 10.1 Å². The quantitative estimate of drug-likeness (QED) is 0.802. The Balaban J connectivity index is 2.05. The van der Waals surface area contributed by atoms with Gasteiger partial charge in [-0.25, -0.2) is 4.39 Å². The van der Waals surface area contributed by atoms with E-state index in [-0.39, 0.29) is 23.0 Å². The molecule has 2 aromatic rings. The Hall–Kier alpha value is -1.95. The molecule has 0 fully saturated rings. The predicted molar refractivity (Wildman–Crippen MR) is 71.9 cm³/mol. The fourth-order valence-corrected chi connectivity index (χ4v) is 1.84. The average Bonchev–Trinajstić information content (AvgIpc) is 2.36. The van der Waals surface area contributed by atoms with Crippen molar-refractivity contribution in [1.82, 2.24) is 0 Å². The fourth-order valence-electron chi connectivity index (χ4n) is 1.68.